The Morgan fingerprint density at radius 2 is 1.32 bits per heavy atom. The van der Waals surface area contributed by atoms with Gasteiger partial charge >= 0.3 is 0 Å². The molecule has 2 N–H and O–H groups in total. The lowest BCUT2D eigenvalue weighted by atomic mass is 9.92. The molecule has 0 fully saturated rings. The van der Waals surface area contributed by atoms with Crippen LogP contribution in [0.25, 0.3) is 32.7 Å². The zero-order valence-electron chi connectivity index (χ0n) is 14.7. The molecule has 0 saturated heterocycles. The molecule has 0 bridgehead atoms. The maximum atomic E-state index is 14.9. The second-order valence-electron chi connectivity index (χ2n) is 6.32. The number of benzene rings is 4. The van der Waals surface area contributed by atoms with Crippen molar-refractivity contribution >= 4 is 31.6 Å². The number of fused-ring (bicyclic) bond motifs is 2. The van der Waals surface area contributed by atoms with Gasteiger partial charge in [0.2, 0.25) is 10.0 Å². The van der Waals surface area contributed by atoms with E-state index < -0.39 is 26.6 Å². The van der Waals surface area contributed by atoms with Crippen molar-refractivity contribution in [2.45, 2.75) is 4.90 Å². The van der Waals surface area contributed by atoms with Crippen molar-refractivity contribution in [2.24, 2.45) is 5.14 Å². The van der Waals surface area contributed by atoms with Crippen LogP contribution < -0.4 is 9.88 Å². The topological polar surface area (TPSA) is 69.4 Å². The lowest BCUT2D eigenvalue weighted by molar-refractivity contribution is 0.389. The molecule has 0 aliphatic heterocycles. The van der Waals surface area contributed by atoms with Gasteiger partial charge < -0.3 is 4.74 Å². The molecule has 0 saturated carbocycles. The Kier molecular flexibility index (Phi) is 4.28. The summed E-state index contributed by atoms with van der Waals surface area (Å²) >= 11 is 0. The molecule has 142 valence electrons. The fourth-order valence-corrected chi connectivity index (χ4v) is 4.39. The molecule has 7 heteroatoms. The third-order valence-electron chi connectivity index (χ3n) is 4.65. The molecule has 4 aromatic carbocycles. The van der Waals surface area contributed by atoms with Crippen LogP contribution in [0.5, 0.6) is 5.75 Å². The van der Waals surface area contributed by atoms with Crippen LogP contribution in [0.3, 0.4) is 0 Å². The summed E-state index contributed by atoms with van der Waals surface area (Å²) in [6.07, 6.45) is 0. The summed E-state index contributed by atoms with van der Waals surface area (Å²) < 4.78 is 59.6. The Bertz CT molecular complexity index is 1350. The fraction of sp³-hybridized carbons (Fsp3) is 0.0476. The molecule has 0 aliphatic rings. The van der Waals surface area contributed by atoms with Gasteiger partial charge in [0.1, 0.15) is 10.7 Å². The first-order chi connectivity index (χ1) is 13.3. The van der Waals surface area contributed by atoms with Gasteiger partial charge in [-0.05, 0) is 33.7 Å². The zero-order chi connectivity index (χ0) is 20.1. The number of hydrogen-bond acceptors (Lipinski definition) is 3. The van der Waals surface area contributed by atoms with E-state index in [-0.39, 0.29) is 16.9 Å². The van der Waals surface area contributed by atoms with Gasteiger partial charge in [-0.1, -0.05) is 48.5 Å². The van der Waals surface area contributed by atoms with Gasteiger partial charge in [0.25, 0.3) is 0 Å². The maximum Gasteiger partial charge on any atom is 0.241 e. The summed E-state index contributed by atoms with van der Waals surface area (Å²) in [5.74, 6) is -1.88. The summed E-state index contributed by atoms with van der Waals surface area (Å²) in [6.45, 7) is 0. The molecule has 0 aliphatic carbocycles. The van der Waals surface area contributed by atoms with Gasteiger partial charge in [-0.15, -0.1) is 0 Å². The monoisotopic (exact) mass is 399 g/mol. The Balaban J connectivity index is 2.35. The van der Waals surface area contributed by atoms with Crippen LogP contribution in [0.2, 0.25) is 0 Å². The average Bonchev–Trinajstić information content (AvgIpc) is 2.65. The van der Waals surface area contributed by atoms with Gasteiger partial charge in [0.15, 0.2) is 11.6 Å². The summed E-state index contributed by atoms with van der Waals surface area (Å²) in [5, 5.41) is 7.27. The van der Waals surface area contributed by atoms with Crippen LogP contribution in [0.4, 0.5) is 8.78 Å². The van der Waals surface area contributed by atoms with Crippen molar-refractivity contribution in [3.63, 3.8) is 0 Å². The largest absolute Gasteiger partial charge is 0.493 e. The predicted octanol–water partition coefficient (Wildman–Crippen LogP) is 4.59. The Morgan fingerprint density at radius 3 is 1.86 bits per heavy atom. The number of rotatable bonds is 3. The number of halogens is 2. The standard InChI is InChI=1S/C21H15F2NO3S/c1-27-20-16(22)10-12-6-2-4-8-14(12)18(20)19-15-9-5-3-7-13(15)11-17(23)21(19)28(24,25)26/h2-11H,1H3,(H2,24,25,26). The van der Waals surface area contributed by atoms with Gasteiger partial charge in [-0.2, -0.15) is 0 Å². The number of nitrogens with two attached hydrogens (primary N) is 1. The molecule has 0 atom stereocenters. The molecule has 0 radical (unpaired) electrons. The highest BCUT2D eigenvalue weighted by atomic mass is 32.2. The van der Waals surface area contributed by atoms with Crippen LogP contribution in [-0.2, 0) is 10.0 Å². The minimum absolute atomic E-state index is 0.0225. The second-order valence-corrected chi connectivity index (χ2v) is 7.81. The molecule has 0 spiro atoms. The predicted molar refractivity (Wildman–Crippen MR) is 105 cm³/mol. The van der Waals surface area contributed by atoms with E-state index in [2.05, 4.69) is 0 Å². The zero-order valence-corrected chi connectivity index (χ0v) is 15.6. The van der Waals surface area contributed by atoms with Crippen LogP contribution in [-0.4, -0.2) is 15.5 Å². The maximum absolute atomic E-state index is 14.9. The highest BCUT2D eigenvalue weighted by Crippen LogP contribution is 2.45. The highest BCUT2D eigenvalue weighted by molar-refractivity contribution is 7.89. The minimum Gasteiger partial charge on any atom is -0.493 e. The first-order valence-corrected chi connectivity index (χ1v) is 9.87. The van der Waals surface area contributed by atoms with E-state index in [4.69, 9.17) is 9.88 Å². The van der Waals surface area contributed by atoms with E-state index in [1.54, 1.807) is 48.5 Å². The van der Waals surface area contributed by atoms with Crippen molar-refractivity contribution < 1.29 is 21.9 Å². The van der Waals surface area contributed by atoms with Gasteiger partial charge in [0.05, 0.1) is 7.11 Å². The molecule has 0 heterocycles. The van der Waals surface area contributed by atoms with E-state index >= 15 is 0 Å². The fourth-order valence-electron chi connectivity index (χ4n) is 3.56. The molecule has 0 aromatic heterocycles. The Labute approximate surface area is 160 Å². The molecular weight excluding hydrogens is 384 g/mol. The van der Waals surface area contributed by atoms with Crippen LogP contribution in [0.15, 0.2) is 65.6 Å². The van der Waals surface area contributed by atoms with E-state index in [1.807, 2.05) is 0 Å². The lowest BCUT2D eigenvalue weighted by Crippen LogP contribution is -2.16. The Hall–Kier alpha value is -3.03. The number of hydrogen-bond donors (Lipinski definition) is 1. The lowest BCUT2D eigenvalue weighted by Gasteiger charge is -2.18. The highest BCUT2D eigenvalue weighted by Gasteiger charge is 2.28. The summed E-state index contributed by atoms with van der Waals surface area (Å²) in [4.78, 5) is -0.694. The molecule has 0 unspecified atom stereocenters. The van der Waals surface area contributed by atoms with Gasteiger partial charge in [-0.3, -0.25) is 0 Å². The van der Waals surface area contributed by atoms with Gasteiger partial charge in [-0.25, -0.2) is 22.3 Å². The molecule has 0 amide bonds. The Morgan fingerprint density at radius 1 is 0.821 bits per heavy atom. The minimum atomic E-state index is -4.46. The normalized spacial score (nSPS) is 11.9. The summed E-state index contributed by atoms with van der Waals surface area (Å²) in [6, 6.07) is 15.9. The van der Waals surface area contributed by atoms with E-state index in [0.717, 1.165) is 6.07 Å². The van der Waals surface area contributed by atoms with Crippen LogP contribution in [0, 0.1) is 11.6 Å². The first kappa shape index (κ1) is 18.3. The number of methoxy groups -OCH3 is 1. The quantitative estimate of drug-likeness (QED) is 0.548. The molecule has 4 aromatic rings. The van der Waals surface area contributed by atoms with E-state index in [1.165, 1.54) is 13.2 Å². The molecule has 4 rings (SSSR count). The number of primary sulfonamides is 1. The molecular formula is C21H15F2NO3S. The van der Waals surface area contributed by atoms with Crippen LogP contribution >= 0.6 is 0 Å². The SMILES string of the molecule is COc1c(F)cc2ccccc2c1-c1c(S(N)(=O)=O)c(F)cc2ccccc12. The van der Waals surface area contributed by atoms with Crippen molar-refractivity contribution in [3.05, 3.63) is 72.3 Å². The summed E-state index contributed by atoms with van der Waals surface area (Å²) in [5.41, 5.74) is 0.114. The number of sulfonamides is 1. The number of ether oxygens (including phenoxy) is 1. The van der Waals surface area contributed by atoms with Crippen molar-refractivity contribution in [1.29, 1.82) is 0 Å². The molecule has 28 heavy (non-hydrogen) atoms. The van der Waals surface area contributed by atoms with Crippen molar-refractivity contribution in [1.82, 2.24) is 0 Å². The van der Waals surface area contributed by atoms with E-state index in [0.29, 0.717) is 21.5 Å². The second kappa shape index (κ2) is 6.54. The first-order valence-electron chi connectivity index (χ1n) is 8.32. The average molecular weight is 399 g/mol. The summed E-state index contributed by atoms with van der Waals surface area (Å²) in [7, 11) is -3.19. The third kappa shape index (κ3) is 2.80. The molecule has 4 nitrogen and oxygen atoms in total. The van der Waals surface area contributed by atoms with E-state index in [9.17, 15) is 17.2 Å². The third-order valence-corrected chi connectivity index (χ3v) is 5.62. The smallest absolute Gasteiger partial charge is 0.241 e. The van der Waals surface area contributed by atoms with Gasteiger partial charge in [0, 0.05) is 11.1 Å². The van der Waals surface area contributed by atoms with Crippen LogP contribution in [0.1, 0.15) is 0 Å². The van der Waals surface area contributed by atoms with Crippen molar-refractivity contribution in [2.75, 3.05) is 7.11 Å². The van der Waals surface area contributed by atoms with Crippen molar-refractivity contribution in [3.8, 4) is 16.9 Å².